The quantitative estimate of drug-likeness (QED) is 0.679. The van der Waals surface area contributed by atoms with Crippen molar-refractivity contribution >= 4 is 28.3 Å². The molecule has 1 aliphatic rings. The maximum Gasteiger partial charge on any atom is 0.239 e. The Morgan fingerprint density at radius 3 is 2.69 bits per heavy atom. The fraction of sp³-hybridized carbons (Fsp3) is 0.875. The Kier molecular flexibility index (Phi) is 6.24. The molecule has 0 bridgehead atoms. The molecule has 16 heavy (non-hydrogen) atoms. The first-order valence-corrected chi connectivity index (χ1v) is 6.56. The largest absolute Gasteiger partial charge is 0.338 e. The lowest BCUT2D eigenvalue weighted by Crippen LogP contribution is -2.44. The van der Waals surface area contributed by atoms with Crippen molar-refractivity contribution < 1.29 is 13.2 Å². The van der Waals surface area contributed by atoms with Crippen molar-refractivity contribution in [1.29, 1.82) is 0 Å². The molecule has 0 aliphatic carbocycles. The molecule has 1 atom stereocenters. The number of nitrogens with zero attached hydrogens (tertiary/aromatic N) is 1. The van der Waals surface area contributed by atoms with Crippen molar-refractivity contribution in [1.82, 2.24) is 9.62 Å². The van der Waals surface area contributed by atoms with Crippen LogP contribution in [0, 0.1) is 0 Å². The smallest absolute Gasteiger partial charge is 0.239 e. The third-order valence-corrected chi connectivity index (χ3v) is 3.84. The Morgan fingerprint density at radius 1 is 1.56 bits per heavy atom. The summed E-state index contributed by atoms with van der Waals surface area (Å²) in [6.07, 6.45) is 1.76. The zero-order valence-corrected chi connectivity index (χ0v) is 10.8. The van der Waals surface area contributed by atoms with Crippen LogP contribution in [0.25, 0.3) is 0 Å². The Balaban J connectivity index is 0.00000225. The van der Waals surface area contributed by atoms with Crippen molar-refractivity contribution in [3.05, 3.63) is 0 Å². The lowest BCUT2D eigenvalue weighted by Gasteiger charge is -2.23. The number of rotatable bonds is 4. The van der Waals surface area contributed by atoms with Crippen LogP contribution in [0.3, 0.4) is 0 Å². The first-order valence-electron chi connectivity index (χ1n) is 4.91. The van der Waals surface area contributed by atoms with Gasteiger partial charge in [-0.2, -0.15) is 0 Å². The van der Waals surface area contributed by atoms with E-state index in [2.05, 4.69) is 4.72 Å². The third kappa shape index (κ3) is 3.89. The maximum absolute atomic E-state index is 11.6. The van der Waals surface area contributed by atoms with Crippen molar-refractivity contribution in [2.24, 2.45) is 5.73 Å². The van der Waals surface area contributed by atoms with Crippen LogP contribution in [0.1, 0.15) is 12.8 Å². The highest BCUT2D eigenvalue weighted by Crippen LogP contribution is 2.16. The topological polar surface area (TPSA) is 92.5 Å². The summed E-state index contributed by atoms with van der Waals surface area (Å²) < 4.78 is 24.5. The van der Waals surface area contributed by atoms with E-state index in [0.29, 0.717) is 13.1 Å². The molecule has 0 radical (unpaired) electrons. The summed E-state index contributed by atoms with van der Waals surface area (Å²) in [5.74, 6) is -0.850. The number of sulfonamides is 1. The second-order valence-corrected chi connectivity index (χ2v) is 5.51. The second kappa shape index (κ2) is 6.39. The number of carbonyl (C=O) groups is 1. The molecule has 1 saturated heterocycles. The molecule has 1 heterocycles. The molecule has 1 unspecified atom stereocenters. The normalized spacial score (nSPS) is 20.6. The Bertz CT molecular complexity index is 333. The molecule has 0 aromatic heterocycles. The molecule has 1 rings (SSSR count). The summed E-state index contributed by atoms with van der Waals surface area (Å²) >= 11 is 0. The molecule has 0 spiro atoms. The van der Waals surface area contributed by atoms with Crippen LogP contribution in [-0.2, 0) is 14.8 Å². The molecule has 1 amide bonds. The van der Waals surface area contributed by atoms with Crippen LogP contribution in [0.2, 0.25) is 0 Å². The molecule has 8 heteroatoms. The summed E-state index contributed by atoms with van der Waals surface area (Å²) in [7, 11) is -2.17. The van der Waals surface area contributed by atoms with E-state index in [9.17, 15) is 13.2 Å². The van der Waals surface area contributed by atoms with E-state index in [-0.39, 0.29) is 24.4 Å². The molecule has 0 saturated carbocycles. The van der Waals surface area contributed by atoms with Gasteiger partial charge in [0.1, 0.15) is 5.75 Å². The second-order valence-electron chi connectivity index (χ2n) is 3.58. The van der Waals surface area contributed by atoms with Crippen LogP contribution < -0.4 is 10.5 Å². The standard InChI is InChI=1S/C8H17N3O3S.ClH/c1-10-15(13,14)6-8(12)11-4-2-3-7(11)5-9;/h7,10H,2-6,9H2,1H3;1H. The van der Waals surface area contributed by atoms with E-state index in [0.717, 1.165) is 12.8 Å². The van der Waals surface area contributed by atoms with Gasteiger partial charge in [-0.3, -0.25) is 4.79 Å². The lowest BCUT2D eigenvalue weighted by molar-refractivity contribution is -0.129. The Morgan fingerprint density at radius 2 is 2.19 bits per heavy atom. The summed E-state index contributed by atoms with van der Waals surface area (Å²) in [5, 5.41) is 0. The zero-order chi connectivity index (χ0) is 11.5. The number of nitrogens with one attached hydrogen (secondary N) is 1. The number of likely N-dealkylation sites (tertiary alicyclic amines) is 1. The van der Waals surface area contributed by atoms with Crippen molar-refractivity contribution in [3.8, 4) is 0 Å². The summed E-state index contributed by atoms with van der Waals surface area (Å²) in [4.78, 5) is 13.2. The van der Waals surface area contributed by atoms with Gasteiger partial charge in [0, 0.05) is 19.1 Å². The molecule has 1 fully saturated rings. The molecule has 1 aliphatic heterocycles. The SMILES string of the molecule is CNS(=O)(=O)CC(=O)N1CCCC1CN.Cl. The van der Waals surface area contributed by atoms with E-state index < -0.39 is 15.8 Å². The molecular weight excluding hydrogens is 254 g/mol. The van der Waals surface area contributed by atoms with Crippen molar-refractivity contribution in [3.63, 3.8) is 0 Å². The van der Waals surface area contributed by atoms with E-state index >= 15 is 0 Å². The van der Waals surface area contributed by atoms with Gasteiger partial charge >= 0.3 is 0 Å². The van der Waals surface area contributed by atoms with Crippen LogP contribution in [0.5, 0.6) is 0 Å². The molecule has 6 nitrogen and oxygen atoms in total. The number of hydrogen-bond donors (Lipinski definition) is 2. The van der Waals surface area contributed by atoms with Gasteiger partial charge in [0.25, 0.3) is 0 Å². The molecule has 3 N–H and O–H groups in total. The Hall–Kier alpha value is -0.370. The van der Waals surface area contributed by atoms with E-state index in [1.54, 1.807) is 4.90 Å². The van der Waals surface area contributed by atoms with Crippen LogP contribution >= 0.6 is 12.4 Å². The van der Waals surface area contributed by atoms with Crippen molar-refractivity contribution in [2.75, 3.05) is 25.9 Å². The molecule has 0 aromatic rings. The van der Waals surface area contributed by atoms with Gasteiger partial charge in [-0.1, -0.05) is 0 Å². The van der Waals surface area contributed by atoms with Gasteiger partial charge in [-0.15, -0.1) is 12.4 Å². The minimum atomic E-state index is -3.47. The maximum atomic E-state index is 11.6. The highest BCUT2D eigenvalue weighted by molar-refractivity contribution is 7.90. The summed E-state index contributed by atoms with van der Waals surface area (Å²) in [6.45, 7) is 1.01. The average molecular weight is 272 g/mol. The number of halogens is 1. The van der Waals surface area contributed by atoms with Crippen LogP contribution in [-0.4, -0.2) is 51.2 Å². The fourth-order valence-electron chi connectivity index (χ4n) is 1.73. The molecule has 0 aromatic carbocycles. The van der Waals surface area contributed by atoms with Crippen molar-refractivity contribution in [2.45, 2.75) is 18.9 Å². The highest BCUT2D eigenvalue weighted by atomic mass is 35.5. The summed E-state index contributed by atoms with van der Waals surface area (Å²) in [5.41, 5.74) is 5.50. The number of hydrogen-bond acceptors (Lipinski definition) is 4. The minimum absolute atomic E-state index is 0. The van der Waals surface area contributed by atoms with Gasteiger partial charge in [-0.05, 0) is 19.9 Å². The predicted molar refractivity (Wildman–Crippen MR) is 63.9 cm³/mol. The predicted octanol–water partition coefficient (Wildman–Crippen LogP) is -1.09. The zero-order valence-electron chi connectivity index (χ0n) is 9.18. The van der Waals surface area contributed by atoms with Gasteiger partial charge in [0.2, 0.25) is 15.9 Å². The van der Waals surface area contributed by atoms with E-state index in [1.807, 2.05) is 0 Å². The minimum Gasteiger partial charge on any atom is -0.338 e. The monoisotopic (exact) mass is 271 g/mol. The molecule has 96 valence electrons. The summed E-state index contributed by atoms with van der Waals surface area (Å²) in [6, 6.07) is 0.00422. The van der Waals surface area contributed by atoms with E-state index in [4.69, 9.17) is 5.73 Å². The average Bonchev–Trinajstić information content (AvgIpc) is 2.64. The Labute approximate surface area is 102 Å². The van der Waals surface area contributed by atoms with Crippen LogP contribution in [0.15, 0.2) is 0 Å². The van der Waals surface area contributed by atoms with E-state index in [1.165, 1.54) is 7.05 Å². The highest BCUT2D eigenvalue weighted by Gasteiger charge is 2.29. The van der Waals surface area contributed by atoms with Gasteiger partial charge in [0.05, 0.1) is 0 Å². The first-order chi connectivity index (χ1) is 7.00. The number of amides is 1. The molecular formula is C8H18ClN3O3S. The van der Waals surface area contributed by atoms with Gasteiger partial charge in [-0.25, -0.2) is 13.1 Å². The lowest BCUT2D eigenvalue weighted by atomic mass is 10.2. The first kappa shape index (κ1) is 15.6. The van der Waals surface area contributed by atoms with Gasteiger partial charge in [0.15, 0.2) is 0 Å². The van der Waals surface area contributed by atoms with Crippen LogP contribution in [0.4, 0.5) is 0 Å². The van der Waals surface area contributed by atoms with Gasteiger partial charge < -0.3 is 10.6 Å². The number of carbonyl (C=O) groups excluding carboxylic acids is 1. The fourth-order valence-corrected chi connectivity index (χ4v) is 2.36. The number of nitrogens with two attached hydrogens (primary N) is 1. The third-order valence-electron chi connectivity index (χ3n) is 2.59.